The summed E-state index contributed by atoms with van der Waals surface area (Å²) in [6.45, 7) is 1.50. The van der Waals surface area contributed by atoms with Crippen LogP contribution in [0.3, 0.4) is 0 Å². The highest BCUT2D eigenvalue weighted by atomic mass is 16.6. The Labute approximate surface area is 128 Å². The minimum atomic E-state index is 0.374. The van der Waals surface area contributed by atoms with Crippen molar-refractivity contribution in [1.29, 1.82) is 5.26 Å². The highest BCUT2D eigenvalue weighted by Crippen LogP contribution is 2.32. The zero-order valence-electron chi connectivity index (χ0n) is 12.2. The Morgan fingerprint density at radius 1 is 1.05 bits per heavy atom. The number of methoxy groups -OCH3 is 1. The summed E-state index contributed by atoms with van der Waals surface area (Å²) in [6.07, 6.45) is 0. The molecule has 2 aromatic carbocycles. The molecule has 1 aliphatic rings. The summed E-state index contributed by atoms with van der Waals surface area (Å²) < 4.78 is 22.1. The van der Waals surface area contributed by atoms with Crippen LogP contribution in [0.25, 0.3) is 0 Å². The van der Waals surface area contributed by atoms with Crippen LogP contribution >= 0.6 is 0 Å². The Bertz CT molecular complexity index is 721. The molecule has 112 valence electrons. The van der Waals surface area contributed by atoms with E-state index in [2.05, 4.69) is 6.07 Å². The predicted octanol–water partition coefficient (Wildman–Crippen LogP) is 2.92. The van der Waals surface area contributed by atoms with Crippen LogP contribution in [0.15, 0.2) is 36.4 Å². The molecule has 0 saturated heterocycles. The maximum absolute atomic E-state index is 8.90. The summed E-state index contributed by atoms with van der Waals surface area (Å²) in [5.74, 6) is 2.62. The van der Waals surface area contributed by atoms with E-state index in [0.29, 0.717) is 36.9 Å². The van der Waals surface area contributed by atoms with Gasteiger partial charge in [0.1, 0.15) is 19.8 Å². The molecule has 5 nitrogen and oxygen atoms in total. The van der Waals surface area contributed by atoms with Crippen LogP contribution in [0, 0.1) is 11.3 Å². The molecule has 0 radical (unpaired) electrons. The number of ether oxygens (including phenoxy) is 4. The van der Waals surface area contributed by atoms with E-state index in [4.69, 9.17) is 24.2 Å². The average molecular weight is 297 g/mol. The van der Waals surface area contributed by atoms with Crippen molar-refractivity contribution in [1.82, 2.24) is 0 Å². The molecule has 1 aliphatic heterocycles. The Morgan fingerprint density at radius 2 is 1.86 bits per heavy atom. The molecule has 22 heavy (non-hydrogen) atoms. The molecule has 0 fully saturated rings. The summed E-state index contributed by atoms with van der Waals surface area (Å²) in [5, 5.41) is 8.90. The first-order chi connectivity index (χ1) is 10.8. The molecule has 0 N–H and O–H groups in total. The molecular formula is C17H15NO4. The Hall–Kier alpha value is -2.87. The van der Waals surface area contributed by atoms with E-state index < -0.39 is 0 Å². The van der Waals surface area contributed by atoms with Gasteiger partial charge in [0.05, 0.1) is 18.7 Å². The number of nitriles is 1. The van der Waals surface area contributed by atoms with Crippen LogP contribution in [0.2, 0.25) is 0 Å². The van der Waals surface area contributed by atoms with Gasteiger partial charge in [-0.2, -0.15) is 5.26 Å². The van der Waals surface area contributed by atoms with Crippen LogP contribution in [0.4, 0.5) is 0 Å². The number of hydrogen-bond acceptors (Lipinski definition) is 5. The van der Waals surface area contributed by atoms with Crippen LogP contribution in [0.1, 0.15) is 11.1 Å². The highest BCUT2D eigenvalue weighted by molar-refractivity contribution is 5.47. The third-order valence-corrected chi connectivity index (χ3v) is 3.29. The molecule has 0 unspecified atom stereocenters. The number of nitrogens with zero attached hydrogens (tertiary/aromatic N) is 1. The van der Waals surface area contributed by atoms with Gasteiger partial charge in [0.15, 0.2) is 23.0 Å². The van der Waals surface area contributed by atoms with E-state index in [1.54, 1.807) is 25.3 Å². The lowest BCUT2D eigenvalue weighted by molar-refractivity contribution is 0.171. The Morgan fingerprint density at radius 3 is 2.64 bits per heavy atom. The van der Waals surface area contributed by atoms with Crippen molar-refractivity contribution in [3.05, 3.63) is 47.5 Å². The zero-order chi connectivity index (χ0) is 15.4. The molecule has 0 atom stereocenters. The second-order valence-electron chi connectivity index (χ2n) is 4.74. The first-order valence-electron chi connectivity index (χ1n) is 6.89. The first-order valence-corrected chi connectivity index (χ1v) is 6.89. The van der Waals surface area contributed by atoms with Crippen molar-refractivity contribution in [2.75, 3.05) is 20.3 Å². The lowest BCUT2D eigenvalue weighted by Gasteiger charge is -2.19. The zero-order valence-corrected chi connectivity index (χ0v) is 12.2. The van der Waals surface area contributed by atoms with Gasteiger partial charge in [-0.3, -0.25) is 0 Å². The van der Waals surface area contributed by atoms with Gasteiger partial charge in [-0.15, -0.1) is 0 Å². The summed E-state index contributed by atoms with van der Waals surface area (Å²) in [5.41, 5.74) is 1.50. The van der Waals surface area contributed by atoms with Crippen LogP contribution < -0.4 is 18.9 Å². The summed E-state index contributed by atoms with van der Waals surface area (Å²) in [7, 11) is 1.55. The standard InChI is InChI=1S/C17H15NO4/c1-19-16-8-12(10-18)2-4-14(16)22-11-13-3-5-15-17(9-13)21-7-6-20-15/h2-5,8-9H,6-7,11H2,1H3. The number of hydrogen-bond donors (Lipinski definition) is 0. The molecule has 1 heterocycles. The van der Waals surface area contributed by atoms with Crippen LogP contribution in [-0.2, 0) is 6.61 Å². The normalized spacial score (nSPS) is 12.4. The Kier molecular flexibility index (Phi) is 4.01. The van der Waals surface area contributed by atoms with Gasteiger partial charge >= 0.3 is 0 Å². The van der Waals surface area contributed by atoms with E-state index in [9.17, 15) is 0 Å². The topological polar surface area (TPSA) is 60.7 Å². The van der Waals surface area contributed by atoms with Gasteiger partial charge in [0.25, 0.3) is 0 Å². The minimum Gasteiger partial charge on any atom is -0.493 e. The summed E-state index contributed by atoms with van der Waals surface area (Å²) in [6, 6.07) is 12.9. The number of benzene rings is 2. The molecule has 3 rings (SSSR count). The van der Waals surface area contributed by atoms with Crippen molar-refractivity contribution < 1.29 is 18.9 Å². The molecule has 2 aromatic rings. The van der Waals surface area contributed by atoms with Gasteiger partial charge in [-0.25, -0.2) is 0 Å². The predicted molar refractivity (Wildman–Crippen MR) is 79.5 cm³/mol. The molecule has 0 bridgehead atoms. The smallest absolute Gasteiger partial charge is 0.162 e. The van der Waals surface area contributed by atoms with Crippen molar-refractivity contribution in [3.63, 3.8) is 0 Å². The SMILES string of the molecule is COc1cc(C#N)ccc1OCc1ccc2c(c1)OCCO2. The quantitative estimate of drug-likeness (QED) is 0.868. The lowest BCUT2D eigenvalue weighted by atomic mass is 10.2. The minimum absolute atomic E-state index is 0.374. The number of rotatable bonds is 4. The van der Waals surface area contributed by atoms with Gasteiger partial charge in [-0.1, -0.05) is 6.07 Å². The number of fused-ring (bicyclic) bond motifs is 1. The third kappa shape index (κ3) is 2.91. The molecule has 0 spiro atoms. The maximum Gasteiger partial charge on any atom is 0.162 e. The fourth-order valence-electron chi connectivity index (χ4n) is 2.20. The fraction of sp³-hybridized carbons (Fsp3) is 0.235. The van der Waals surface area contributed by atoms with Gasteiger partial charge in [0.2, 0.25) is 0 Å². The van der Waals surface area contributed by atoms with E-state index in [1.807, 2.05) is 18.2 Å². The third-order valence-electron chi connectivity index (χ3n) is 3.29. The molecule has 0 aromatic heterocycles. The molecule has 0 saturated carbocycles. The molecule has 0 aliphatic carbocycles. The molecule has 5 heteroatoms. The Balaban J connectivity index is 1.74. The van der Waals surface area contributed by atoms with Crippen molar-refractivity contribution in [2.24, 2.45) is 0 Å². The summed E-state index contributed by atoms with van der Waals surface area (Å²) >= 11 is 0. The van der Waals surface area contributed by atoms with Crippen LogP contribution in [0.5, 0.6) is 23.0 Å². The largest absolute Gasteiger partial charge is 0.493 e. The van der Waals surface area contributed by atoms with E-state index in [1.165, 1.54) is 0 Å². The second-order valence-corrected chi connectivity index (χ2v) is 4.74. The fourth-order valence-corrected chi connectivity index (χ4v) is 2.20. The van der Waals surface area contributed by atoms with Gasteiger partial charge in [-0.05, 0) is 29.8 Å². The average Bonchev–Trinajstić information content (AvgIpc) is 2.59. The van der Waals surface area contributed by atoms with E-state index in [-0.39, 0.29) is 0 Å². The van der Waals surface area contributed by atoms with E-state index >= 15 is 0 Å². The highest BCUT2D eigenvalue weighted by Gasteiger charge is 2.12. The lowest BCUT2D eigenvalue weighted by Crippen LogP contribution is -2.15. The summed E-state index contributed by atoms with van der Waals surface area (Å²) in [4.78, 5) is 0. The van der Waals surface area contributed by atoms with Crippen molar-refractivity contribution >= 4 is 0 Å². The molecular weight excluding hydrogens is 282 g/mol. The van der Waals surface area contributed by atoms with Gasteiger partial charge < -0.3 is 18.9 Å². The monoisotopic (exact) mass is 297 g/mol. The molecule has 0 amide bonds. The van der Waals surface area contributed by atoms with Crippen molar-refractivity contribution in [3.8, 4) is 29.1 Å². The first kappa shape index (κ1) is 14.1. The van der Waals surface area contributed by atoms with E-state index in [0.717, 1.165) is 17.1 Å². The maximum atomic E-state index is 8.90. The van der Waals surface area contributed by atoms with Crippen molar-refractivity contribution in [2.45, 2.75) is 6.61 Å². The second kappa shape index (κ2) is 6.27. The van der Waals surface area contributed by atoms with Gasteiger partial charge in [0, 0.05) is 6.07 Å². The van der Waals surface area contributed by atoms with Crippen LogP contribution in [-0.4, -0.2) is 20.3 Å².